The molecule has 0 unspecified atom stereocenters. The lowest BCUT2D eigenvalue weighted by molar-refractivity contribution is -0.255. The summed E-state index contributed by atoms with van der Waals surface area (Å²) in [7, 11) is 0. The Balaban J connectivity index is 2.58. The number of hydrogen-bond acceptors (Lipinski definition) is 4. The largest absolute Gasteiger partial charge is 0.545 e. The maximum absolute atomic E-state index is 12.0. The van der Waals surface area contributed by atoms with Crippen LogP contribution in [-0.2, 0) is 12.8 Å². The molecule has 4 nitrogen and oxygen atoms in total. The Labute approximate surface area is 208 Å². The topological polar surface area (TPSA) is 80.3 Å². The molecule has 0 saturated carbocycles. The van der Waals surface area contributed by atoms with Crippen LogP contribution in [0.4, 0.5) is 0 Å². The van der Waals surface area contributed by atoms with E-state index in [1.165, 1.54) is 83.1 Å². The summed E-state index contributed by atoms with van der Waals surface area (Å²) in [5.74, 6) is -2.57. The number of aryl methyl sites for hydroxylation is 1. The molecule has 194 valence electrons. The summed E-state index contributed by atoms with van der Waals surface area (Å²) in [5, 5.41) is 23.7. The number of carbonyl (C=O) groups is 2. The highest BCUT2D eigenvalue weighted by Gasteiger charge is 2.15. The molecule has 0 aliphatic heterocycles. The Bertz CT molecular complexity index is 695. The fourth-order valence-electron chi connectivity index (χ4n) is 4.85. The van der Waals surface area contributed by atoms with Crippen LogP contribution in [0.1, 0.15) is 161 Å². The van der Waals surface area contributed by atoms with Gasteiger partial charge in [0.15, 0.2) is 0 Å². The van der Waals surface area contributed by atoms with Gasteiger partial charge < -0.3 is 19.8 Å². The average Bonchev–Trinajstić information content (AvgIpc) is 2.81. The molecule has 0 atom stereocenters. The number of unbranched alkanes of at least 4 members (excludes halogenated alkanes) is 16. The average molecular weight is 473 g/mol. The van der Waals surface area contributed by atoms with Crippen molar-refractivity contribution in [3.05, 3.63) is 34.4 Å². The van der Waals surface area contributed by atoms with Crippen molar-refractivity contribution in [2.24, 2.45) is 0 Å². The van der Waals surface area contributed by atoms with E-state index in [1.807, 2.05) is 0 Å². The van der Waals surface area contributed by atoms with E-state index < -0.39 is 11.9 Å². The summed E-state index contributed by atoms with van der Waals surface area (Å²) in [6.07, 6.45) is 22.4. The molecule has 1 aromatic rings. The zero-order valence-corrected chi connectivity index (χ0v) is 21.9. The van der Waals surface area contributed by atoms with Gasteiger partial charge in [-0.2, -0.15) is 0 Å². The quantitative estimate of drug-likeness (QED) is 0.179. The number of rotatable bonds is 22. The summed E-state index contributed by atoms with van der Waals surface area (Å²) >= 11 is 0. The summed E-state index contributed by atoms with van der Waals surface area (Å²) in [4.78, 5) is 23.7. The van der Waals surface area contributed by atoms with Crippen molar-refractivity contribution >= 4 is 11.9 Å². The Hall–Kier alpha value is -1.84. The lowest BCUT2D eigenvalue weighted by atomic mass is 9.89. The second kappa shape index (κ2) is 19.5. The smallest absolute Gasteiger partial charge is 0.0721 e. The van der Waals surface area contributed by atoms with Gasteiger partial charge in [0.05, 0.1) is 11.9 Å². The predicted molar refractivity (Wildman–Crippen MR) is 137 cm³/mol. The fraction of sp³-hybridized carbons (Fsp3) is 0.733. The molecule has 0 bridgehead atoms. The summed E-state index contributed by atoms with van der Waals surface area (Å²) in [5.41, 5.74) is 1.21. The molecular formula is C30H48O4-2. The Morgan fingerprint density at radius 3 is 1.38 bits per heavy atom. The number of hydrogen-bond donors (Lipinski definition) is 0. The number of benzene rings is 1. The van der Waals surface area contributed by atoms with E-state index in [4.69, 9.17) is 0 Å². The van der Waals surface area contributed by atoms with Crippen molar-refractivity contribution in [3.8, 4) is 0 Å². The molecule has 0 saturated heterocycles. The summed E-state index contributed by atoms with van der Waals surface area (Å²) in [6, 6.07) is 3.19. The molecule has 0 aliphatic rings. The molecule has 0 aliphatic carbocycles. The second-order valence-corrected chi connectivity index (χ2v) is 9.86. The van der Waals surface area contributed by atoms with Crippen molar-refractivity contribution in [2.45, 2.75) is 142 Å². The van der Waals surface area contributed by atoms with Crippen LogP contribution in [0.2, 0.25) is 0 Å². The van der Waals surface area contributed by atoms with Gasteiger partial charge in [0.25, 0.3) is 0 Å². The summed E-state index contributed by atoms with van der Waals surface area (Å²) < 4.78 is 0. The Morgan fingerprint density at radius 1 is 0.559 bits per heavy atom. The minimum absolute atomic E-state index is 0.00888. The first-order valence-electron chi connectivity index (χ1n) is 14.1. The number of carboxylic acid groups (broad SMARTS) is 2. The van der Waals surface area contributed by atoms with Gasteiger partial charge in [-0.05, 0) is 36.8 Å². The van der Waals surface area contributed by atoms with Crippen LogP contribution in [0.25, 0.3) is 0 Å². The zero-order valence-electron chi connectivity index (χ0n) is 21.9. The minimum Gasteiger partial charge on any atom is -0.545 e. The van der Waals surface area contributed by atoms with E-state index in [0.29, 0.717) is 24.0 Å². The molecule has 1 aromatic carbocycles. The number of aromatic carboxylic acids is 2. The van der Waals surface area contributed by atoms with E-state index in [1.54, 1.807) is 6.07 Å². The van der Waals surface area contributed by atoms with Gasteiger partial charge in [-0.25, -0.2) is 0 Å². The van der Waals surface area contributed by atoms with E-state index in [9.17, 15) is 19.8 Å². The van der Waals surface area contributed by atoms with Crippen molar-refractivity contribution < 1.29 is 19.8 Å². The standard InChI is InChI=1S/C30H50O4/c1-3-5-7-9-11-13-15-17-19-21-25-23-24-27(29(31)32)26(28(25)30(33)34)22-20-18-16-14-12-10-8-6-4-2/h23-24H,3-22H2,1-2H3,(H,31,32)(H,33,34)/p-2. The fourth-order valence-corrected chi connectivity index (χ4v) is 4.85. The van der Waals surface area contributed by atoms with Crippen LogP contribution >= 0.6 is 0 Å². The van der Waals surface area contributed by atoms with Gasteiger partial charge in [-0.1, -0.05) is 129 Å². The van der Waals surface area contributed by atoms with Crippen molar-refractivity contribution in [3.63, 3.8) is 0 Å². The number of carbonyl (C=O) groups excluding carboxylic acids is 2. The number of carboxylic acids is 2. The molecule has 0 radical (unpaired) electrons. The normalized spacial score (nSPS) is 11.1. The monoisotopic (exact) mass is 472 g/mol. The van der Waals surface area contributed by atoms with Crippen molar-refractivity contribution in [1.29, 1.82) is 0 Å². The van der Waals surface area contributed by atoms with E-state index in [2.05, 4.69) is 13.8 Å². The molecule has 0 amide bonds. The Kier molecular flexibility index (Phi) is 17.3. The SMILES string of the molecule is CCCCCCCCCCCc1ccc(C(=O)[O-])c(CCCCCCCCCCC)c1C(=O)[O-]. The van der Waals surface area contributed by atoms with Gasteiger partial charge in [0.2, 0.25) is 0 Å². The van der Waals surface area contributed by atoms with Crippen LogP contribution in [0.15, 0.2) is 12.1 Å². The maximum atomic E-state index is 12.0. The van der Waals surface area contributed by atoms with E-state index in [-0.39, 0.29) is 11.1 Å². The molecule has 0 N–H and O–H groups in total. The van der Waals surface area contributed by atoms with E-state index in [0.717, 1.165) is 38.5 Å². The third-order valence-electron chi connectivity index (χ3n) is 6.90. The predicted octanol–water partition coefficient (Wildman–Crippen LogP) is 6.56. The minimum atomic E-state index is -1.30. The molecular weight excluding hydrogens is 424 g/mol. The van der Waals surface area contributed by atoms with Gasteiger partial charge >= 0.3 is 0 Å². The first-order chi connectivity index (χ1) is 16.5. The first kappa shape index (κ1) is 30.2. The third kappa shape index (κ3) is 12.6. The second-order valence-electron chi connectivity index (χ2n) is 9.86. The van der Waals surface area contributed by atoms with Crippen molar-refractivity contribution in [1.82, 2.24) is 0 Å². The molecule has 34 heavy (non-hydrogen) atoms. The molecule has 1 rings (SSSR count). The van der Waals surface area contributed by atoms with Crippen LogP contribution in [-0.4, -0.2) is 11.9 Å². The van der Waals surface area contributed by atoms with Crippen molar-refractivity contribution in [2.75, 3.05) is 0 Å². The van der Waals surface area contributed by atoms with Gasteiger partial charge in [0.1, 0.15) is 0 Å². The molecule has 0 spiro atoms. The zero-order chi connectivity index (χ0) is 25.0. The third-order valence-corrected chi connectivity index (χ3v) is 6.90. The maximum Gasteiger partial charge on any atom is 0.0721 e. The summed E-state index contributed by atoms with van der Waals surface area (Å²) in [6.45, 7) is 4.44. The highest BCUT2D eigenvalue weighted by atomic mass is 16.4. The molecule has 0 heterocycles. The molecule has 0 fully saturated rings. The highest BCUT2D eigenvalue weighted by Crippen LogP contribution is 2.24. The van der Waals surface area contributed by atoms with Crippen LogP contribution in [0.3, 0.4) is 0 Å². The van der Waals surface area contributed by atoms with Crippen LogP contribution in [0.5, 0.6) is 0 Å². The van der Waals surface area contributed by atoms with Gasteiger partial charge in [-0.15, -0.1) is 0 Å². The Morgan fingerprint density at radius 2 is 0.971 bits per heavy atom. The molecule has 4 heteroatoms. The molecule has 0 aromatic heterocycles. The van der Waals surface area contributed by atoms with Gasteiger partial charge in [-0.3, -0.25) is 0 Å². The lowest BCUT2D eigenvalue weighted by Crippen LogP contribution is -2.29. The van der Waals surface area contributed by atoms with Gasteiger partial charge in [0, 0.05) is 11.1 Å². The highest BCUT2D eigenvalue weighted by molar-refractivity contribution is 5.96. The van der Waals surface area contributed by atoms with Crippen LogP contribution in [0, 0.1) is 0 Å². The van der Waals surface area contributed by atoms with E-state index >= 15 is 0 Å². The lowest BCUT2D eigenvalue weighted by Gasteiger charge is -2.20. The van der Waals surface area contributed by atoms with Crippen LogP contribution < -0.4 is 10.2 Å². The first-order valence-corrected chi connectivity index (χ1v) is 14.1.